The van der Waals surface area contributed by atoms with Crippen LogP contribution in [0.5, 0.6) is 0 Å². The second-order valence-corrected chi connectivity index (χ2v) is 3.10. The van der Waals surface area contributed by atoms with Crippen LogP contribution in [0.4, 0.5) is 0 Å². The molecule has 104 valence electrons. The number of fused-ring (bicyclic) bond motifs is 1. The van der Waals surface area contributed by atoms with Crippen molar-refractivity contribution in [1.82, 2.24) is 15.0 Å². The molecule has 0 aromatic carbocycles. The molecule has 0 aliphatic carbocycles. The van der Waals surface area contributed by atoms with Crippen LogP contribution in [-0.2, 0) is 0 Å². The Balaban J connectivity index is 0. The number of hydrogen-bond acceptors (Lipinski definition) is 2. The summed E-state index contributed by atoms with van der Waals surface area (Å²) in [5, 5.41) is 0. The predicted octanol–water partition coefficient (Wildman–Crippen LogP) is 4.96. The van der Waals surface area contributed by atoms with E-state index < -0.39 is 0 Å². The van der Waals surface area contributed by atoms with Gasteiger partial charge in [0.2, 0.25) is 0 Å². The first-order chi connectivity index (χ1) is 8.66. The van der Waals surface area contributed by atoms with Crippen molar-refractivity contribution in [2.45, 2.75) is 62.3 Å². The van der Waals surface area contributed by atoms with E-state index in [9.17, 15) is 0 Å². The number of H-pyrrole nitrogens is 1. The topological polar surface area (TPSA) is 41.6 Å². The van der Waals surface area contributed by atoms with Gasteiger partial charge in [-0.25, -0.2) is 9.97 Å². The lowest BCUT2D eigenvalue weighted by molar-refractivity contribution is 1.15. The highest BCUT2D eigenvalue weighted by Crippen LogP contribution is 2.14. The van der Waals surface area contributed by atoms with Crippen molar-refractivity contribution in [2.75, 3.05) is 0 Å². The second-order valence-electron chi connectivity index (χ2n) is 3.10. The van der Waals surface area contributed by atoms with Crippen LogP contribution in [0.15, 0.2) is 6.07 Å². The monoisotopic (exact) mass is 251 g/mol. The minimum absolute atomic E-state index is 0.824. The molecular formula is C15H29N3. The van der Waals surface area contributed by atoms with Crippen LogP contribution in [0.1, 0.15) is 58.6 Å². The summed E-state index contributed by atoms with van der Waals surface area (Å²) in [5.41, 5.74) is 4.10. The smallest absolute Gasteiger partial charge is 0.178 e. The Morgan fingerprint density at radius 3 is 1.83 bits per heavy atom. The molecule has 3 nitrogen and oxygen atoms in total. The van der Waals surface area contributed by atoms with Crippen molar-refractivity contribution in [3.8, 4) is 0 Å². The van der Waals surface area contributed by atoms with E-state index >= 15 is 0 Å². The second kappa shape index (κ2) is 10.8. The van der Waals surface area contributed by atoms with Gasteiger partial charge in [0.05, 0.1) is 5.52 Å². The number of hydrogen-bond donors (Lipinski definition) is 1. The van der Waals surface area contributed by atoms with E-state index in [0.717, 1.165) is 22.7 Å². The van der Waals surface area contributed by atoms with Crippen LogP contribution in [0.2, 0.25) is 0 Å². The van der Waals surface area contributed by atoms with Crippen LogP contribution in [0.25, 0.3) is 11.2 Å². The molecule has 2 aromatic heterocycles. The summed E-state index contributed by atoms with van der Waals surface area (Å²) < 4.78 is 0. The lowest BCUT2D eigenvalue weighted by Gasteiger charge is -1.95. The maximum Gasteiger partial charge on any atom is 0.178 e. The van der Waals surface area contributed by atoms with Crippen LogP contribution in [0.3, 0.4) is 0 Å². The molecule has 0 atom stereocenters. The third-order valence-corrected chi connectivity index (χ3v) is 1.91. The highest BCUT2D eigenvalue weighted by Gasteiger charge is 2.03. The number of aryl methyl sites for hydroxylation is 3. The minimum Gasteiger partial charge on any atom is -0.341 e. The Morgan fingerprint density at radius 1 is 0.833 bits per heavy atom. The summed E-state index contributed by atoms with van der Waals surface area (Å²) in [6.45, 7) is 18.0. The van der Waals surface area contributed by atoms with Gasteiger partial charge in [0.15, 0.2) is 5.65 Å². The molecule has 0 saturated heterocycles. The van der Waals surface area contributed by atoms with Crippen LogP contribution in [-0.4, -0.2) is 15.0 Å². The Morgan fingerprint density at radius 2 is 1.33 bits per heavy atom. The van der Waals surface area contributed by atoms with Gasteiger partial charge in [-0.3, -0.25) is 0 Å². The zero-order chi connectivity index (χ0) is 14.7. The lowest BCUT2D eigenvalue weighted by atomic mass is 10.2. The van der Waals surface area contributed by atoms with Crippen LogP contribution in [0, 0.1) is 20.8 Å². The molecule has 0 fully saturated rings. The third kappa shape index (κ3) is 5.30. The summed E-state index contributed by atoms with van der Waals surface area (Å²) in [6.07, 6.45) is 0. The molecule has 0 amide bonds. The molecule has 0 aliphatic heterocycles. The summed E-state index contributed by atoms with van der Waals surface area (Å²) in [4.78, 5) is 11.8. The van der Waals surface area contributed by atoms with Crippen molar-refractivity contribution in [3.63, 3.8) is 0 Å². The largest absolute Gasteiger partial charge is 0.341 e. The van der Waals surface area contributed by atoms with Crippen molar-refractivity contribution >= 4 is 11.2 Å². The first kappa shape index (κ1) is 19.0. The van der Waals surface area contributed by atoms with Crippen molar-refractivity contribution in [1.29, 1.82) is 0 Å². The number of rotatable bonds is 0. The van der Waals surface area contributed by atoms with Gasteiger partial charge < -0.3 is 4.98 Å². The number of pyridine rings is 1. The van der Waals surface area contributed by atoms with Gasteiger partial charge >= 0.3 is 0 Å². The Bertz CT molecular complexity index is 430. The molecule has 2 rings (SSSR count). The standard InChI is InChI=1S/C9H11N3.3C2H6/c1-5-4-6(2)10-9-8(5)11-7(3)12-9;3*1-2/h4H,1-3H3,(H,10,11,12);3*1-2H3. The van der Waals surface area contributed by atoms with Gasteiger partial charge in [-0.1, -0.05) is 41.5 Å². The van der Waals surface area contributed by atoms with E-state index in [1.165, 1.54) is 5.56 Å². The SMILES string of the molecule is CC.CC.CC.Cc1cc(C)c2[nH]c(C)nc2n1. The maximum atomic E-state index is 4.31. The summed E-state index contributed by atoms with van der Waals surface area (Å²) in [5.74, 6) is 0.922. The zero-order valence-corrected chi connectivity index (χ0v) is 13.5. The Kier molecular flexibility index (Phi) is 11.3. The van der Waals surface area contributed by atoms with Gasteiger partial charge in [0, 0.05) is 5.69 Å². The molecule has 18 heavy (non-hydrogen) atoms. The fourth-order valence-electron chi connectivity index (χ4n) is 1.42. The molecule has 0 unspecified atom stereocenters. The maximum absolute atomic E-state index is 4.31. The average molecular weight is 251 g/mol. The number of aromatic amines is 1. The van der Waals surface area contributed by atoms with Gasteiger partial charge in [-0.15, -0.1) is 0 Å². The zero-order valence-electron chi connectivity index (χ0n) is 13.5. The van der Waals surface area contributed by atoms with E-state index in [1.54, 1.807) is 0 Å². The van der Waals surface area contributed by atoms with Gasteiger partial charge in [-0.05, 0) is 32.4 Å². The number of imidazole rings is 1. The van der Waals surface area contributed by atoms with Crippen molar-refractivity contribution in [3.05, 3.63) is 23.1 Å². The molecule has 2 heterocycles. The molecule has 0 radical (unpaired) electrons. The summed E-state index contributed by atoms with van der Waals surface area (Å²) >= 11 is 0. The average Bonchev–Trinajstić information content (AvgIpc) is 2.77. The van der Waals surface area contributed by atoms with E-state index in [1.807, 2.05) is 55.4 Å². The van der Waals surface area contributed by atoms with Crippen LogP contribution >= 0.6 is 0 Å². The fourth-order valence-corrected chi connectivity index (χ4v) is 1.42. The molecular weight excluding hydrogens is 222 g/mol. The number of nitrogens with one attached hydrogen (secondary N) is 1. The first-order valence-corrected chi connectivity index (χ1v) is 6.97. The quantitative estimate of drug-likeness (QED) is 0.719. The first-order valence-electron chi connectivity index (χ1n) is 6.97. The van der Waals surface area contributed by atoms with E-state index in [4.69, 9.17) is 0 Å². The van der Waals surface area contributed by atoms with Gasteiger partial charge in [-0.2, -0.15) is 0 Å². The molecule has 0 spiro atoms. The van der Waals surface area contributed by atoms with E-state index in [0.29, 0.717) is 0 Å². The highest BCUT2D eigenvalue weighted by molar-refractivity contribution is 5.74. The molecule has 0 bridgehead atoms. The molecule has 0 saturated carbocycles. The van der Waals surface area contributed by atoms with Crippen LogP contribution < -0.4 is 0 Å². The molecule has 0 aliphatic rings. The van der Waals surface area contributed by atoms with Gasteiger partial charge in [0.25, 0.3) is 0 Å². The fraction of sp³-hybridized carbons (Fsp3) is 0.600. The lowest BCUT2D eigenvalue weighted by Crippen LogP contribution is -1.85. The Hall–Kier alpha value is -1.38. The highest BCUT2D eigenvalue weighted by atomic mass is 15.0. The normalized spacial score (nSPS) is 8.28. The third-order valence-electron chi connectivity index (χ3n) is 1.91. The molecule has 1 N–H and O–H groups in total. The van der Waals surface area contributed by atoms with Gasteiger partial charge in [0.1, 0.15) is 5.82 Å². The molecule has 3 heteroatoms. The molecule has 2 aromatic rings. The number of aromatic nitrogens is 3. The predicted molar refractivity (Wildman–Crippen MR) is 82.1 cm³/mol. The van der Waals surface area contributed by atoms with E-state index in [-0.39, 0.29) is 0 Å². The van der Waals surface area contributed by atoms with Crippen molar-refractivity contribution in [2.24, 2.45) is 0 Å². The minimum atomic E-state index is 0.824. The Labute approximate surface area is 112 Å². The summed E-state index contributed by atoms with van der Waals surface area (Å²) in [6, 6.07) is 2.06. The number of nitrogens with zero attached hydrogens (tertiary/aromatic N) is 2. The van der Waals surface area contributed by atoms with E-state index in [2.05, 4.69) is 27.9 Å². The summed E-state index contributed by atoms with van der Waals surface area (Å²) in [7, 11) is 0. The van der Waals surface area contributed by atoms with Crippen molar-refractivity contribution < 1.29 is 0 Å².